The molecule has 2 rings (SSSR count). The fourth-order valence-corrected chi connectivity index (χ4v) is 3.48. The third kappa shape index (κ3) is 4.22. The Morgan fingerprint density at radius 2 is 1.67 bits per heavy atom. The Morgan fingerprint density at radius 3 is 2.20 bits per heavy atom. The molecule has 3 amide bonds. The number of hydrogen-bond donors (Lipinski definition) is 2. The molecule has 30 heavy (non-hydrogen) atoms. The van der Waals surface area contributed by atoms with Gasteiger partial charge in [-0.25, -0.2) is 9.59 Å². The number of hydrogen-bond acceptors (Lipinski definition) is 7. The van der Waals surface area contributed by atoms with Gasteiger partial charge in [0.25, 0.3) is 5.91 Å². The highest BCUT2D eigenvalue weighted by molar-refractivity contribution is 6.09. The van der Waals surface area contributed by atoms with Gasteiger partial charge in [0.1, 0.15) is 12.1 Å². The number of Topliss-reactive ketones (excluding diaryl/α,β-unsaturated/α-hetero) is 1. The number of H-pyrrole nitrogens is 1. The van der Waals surface area contributed by atoms with Gasteiger partial charge in [-0.2, -0.15) is 0 Å². The first-order valence-corrected chi connectivity index (χ1v) is 9.81. The number of amides is 3. The summed E-state index contributed by atoms with van der Waals surface area (Å²) >= 11 is 0. The highest BCUT2D eigenvalue weighted by Gasteiger charge is 2.49. The summed E-state index contributed by atoms with van der Waals surface area (Å²) in [7, 11) is 0. The van der Waals surface area contributed by atoms with Crippen molar-refractivity contribution in [2.75, 3.05) is 19.8 Å². The first-order valence-electron chi connectivity index (χ1n) is 9.81. The van der Waals surface area contributed by atoms with Crippen molar-refractivity contribution in [1.29, 1.82) is 0 Å². The maximum absolute atomic E-state index is 12.5. The first-order chi connectivity index (χ1) is 14.1. The van der Waals surface area contributed by atoms with Crippen molar-refractivity contribution in [2.24, 2.45) is 0 Å². The average molecular weight is 421 g/mol. The van der Waals surface area contributed by atoms with Gasteiger partial charge in [-0.05, 0) is 39.2 Å². The lowest BCUT2D eigenvalue weighted by molar-refractivity contribution is -0.146. The van der Waals surface area contributed by atoms with Crippen LogP contribution in [0.3, 0.4) is 0 Å². The maximum Gasteiger partial charge on any atom is 0.340 e. The summed E-state index contributed by atoms with van der Waals surface area (Å²) in [6, 6.07) is -0.665. The molecule has 0 spiro atoms. The van der Waals surface area contributed by atoms with Crippen molar-refractivity contribution in [3.05, 3.63) is 22.5 Å². The van der Waals surface area contributed by atoms with Crippen molar-refractivity contribution in [2.45, 2.75) is 53.0 Å². The van der Waals surface area contributed by atoms with Crippen LogP contribution < -0.4 is 5.32 Å². The zero-order valence-electron chi connectivity index (χ0n) is 17.8. The smallest absolute Gasteiger partial charge is 0.340 e. The molecule has 0 atom stereocenters. The summed E-state index contributed by atoms with van der Waals surface area (Å²) in [5.41, 5.74) is 0.248. The highest BCUT2D eigenvalue weighted by atomic mass is 16.5. The number of aromatic nitrogens is 1. The molecule has 1 aliphatic rings. The van der Waals surface area contributed by atoms with Gasteiger partial charge >= 0.3 is 18.0 Å². The molecule has 1 fully saturated rings. The summed E-state index contributed by atoms with van der Waals surface area (Å²) in [6.07, 6.45) is 0.790. The summed E-state index contributed by atoms with van der Waals surface area (Å²) in [5, 5.41) is 2.61. The lowest BCUT2D eigenvalue weighted by atomic mass is 9.93. The number of aryl methyl sites for hydroxylation is 1. The number of nitrogens with zero attached hydrogens (tertiary/aromatic N) is 1. The second-order valence-corrected chi connectivity index (χ2v) is 7.04. The lowest BCUT2D eigenvalue weighted by Crippen LogP contribution is -2.46. The van der Waals surface area contributed by atoms with Crippen molar-refractivity contribution in [1.82, 2.24) is 15.2 Å². The molecule has 2 N–H and O–H groups in total. The van der Waals surface area contributed by atoms with Gasteiger partial charge in [0, 0.05) is 5.69 Å². The van der Waals surface area contributed by atoms with E-state index in [9.17, 15) is 24.0 Å². The van der Waals surface area contributed by atoms with Crippen LogP contribution in [-0.2, 0) is 19.1 Å². The van der Waals surface area contributed by atoms with Gasteiger partial charge in [-0.3, -0.25) is 19.3 Å². The molecule has 0 aliphatic carbocycles. The molecule has 1 saturated heterocycles. The molecule has 0 unspecified atom stereocenters. The second-order valence-electron chi connectivity index (χ2n) is 7.04. The van der Waals surface area contributed by atoms with Gasteiger partial charge in [-0.15, -0.1) is 0 Å². The second kappa shape index (κ2) is 9.10. The van der Waals surface area contributed by atoms with E-state index in [2.05, 4.69) is 10.3 Å². The molecule has 2 heterocycles. The number of nitrogens with one attached hydrogen (secondary N) is 2. The number of rotatable bonds is 9. The van der Waals surface area contributed by atoms with Crippen molar-refractivity contribution in [3.8, 4) is 0 Å². The lowest BCUT2D eigenvalue weighted by Gasteiger charge is -2.22. The van der Waals surface area contributed by atoms with Gasteiger partial charge in [-0.1, -0.05) is 13.8 Å². The van der Waals surface area contributed by atoms with Crippen LogP contribution in [0.4, 0.5) is 4.79 Å². The minimum atomic E-state index is -1.02. The van der Waals surface area contributed by atoms with E-state index in [-0.39, 0.29) is 17.9 Å². The van der Waals surface area contributed by atoms with Crippen LogP contribution in [0.25, 0.3) is 0 Å². The van der Waals surface area contributed by atoms with Gasteiger partial charge in [0.15, 0.2) is 6.61 Å². The molecule has 1 aliphatic heterocycles. The largest absolute Gasteiger partial charge is 0.462 e. The summed E-state index contributed by atoms with van der Waals surface area (Å²) in [6.45, 7) is 7.46. The minimum absolute atomic E-state index is 0.134. The van der Waals surface area contributed by atoms with E-state index in [0.29, 0.717) is 24.1 Å². The summed E-state index contributed by atoms with van der Waals surface area (Å²) < 4.78 is 9.95. The number of imide groups is 1. The molecule has 10 nitrogen and oxygen atoms in total. The quantitative estimate of drug-likeness (QED) is 0.352. The van der Waals surface area contributed by atoms with Crippen molar-refractivity contribution >= 4 is 29.7 Å². The Hall–Kier alpha value is -3.17. The fraction of sp³-hybridized carbons (Fsp3) is 0.550. The number of urea groups is 1. The number of carbonyl (C=O) groups is 5. The standard InChI is InChI=1S/C20H27N3O7/c1-6-20(7-2)18(27)23(19(28)22-20)9-14(25)30-10-13(24)16-11(4)15(12(5)21-16)17(26)29-8-3/h21H,6-10H2,1-5H3,(H,22,28). The molecular formula is C20H27N3O7. The zero-order chi connectivity index (χ0) is 22.6. The number of ketones is 1. The topological polar surface area (TPSA) is 135 Å². The van der Waals surface area contributed by atoms with Crippen LogP contribution in [-0.4, -0.2) is 64.8 Å². The predicted octanol–water partition coefficient (Wildman–Crippen LogP) is 1.64. The number of carbonyl (C=O) groups excluding carboxylic acids is 5. The average Bonchev–Trinajstić information content (AvgIpc) is 3.14. The Balaban J connectivity index is 2.01. The van der Waals surface area contributed by atoms with Crippen LogP contribution in [0, 0.1) is 13.8 Å². The Bertz CT molecular complexity index is 883. The summed E-state index contributed by atoms with van der Waals surface area (Å²) in [5.74, 6) is -2.47. The first kappa shape index (κ1) is 23.1. The normalized spacial score (nSPS) is 15.2. The van der Waals surface area contributed by atoms with E-state index in [1.165, 1.54) is 0 Å². The SMILES string of the molecule is CCOC(=O)c1c(C)[nH]c(C(=O)COC(=O)CN2C(=O)NC(CC)(CC)C2=O)c1C. The van der Waals surface area contributed by atoms with Crippen LogP contribution in [0.15, 0.2) is 0 Å². The van der Waals surface area contributed by atoms with Crippen LogP contribution in [0.2, 0.25) is 0 Å². The number of esters is 2. The van der Waals surface area contributed by atoms with Crippen molar-refractivity contribution in [3.63, 3.8) is 0 Å². The van der Waals surface area contributed by atoms with Crippen molar-refractivity contribution < 1.29 is 33.4 Å². The molecular weight excluding hydrogens is 394 g/mol. The van der Waals surface area contributed by atoms with Crippen LogP contribution in [0.5, 0.6) is 0 Å². The third-order valence-electron chi connectivity index (χ3n) is 5.30. The monoisotopic (exact) mass is 421 g/mol. The van der Waals surface area contributed by atoms with E-state index in [1.54, 1.807) is 34.6 Å². The van der Waals surface area contributed by atoms with E-state index in [1.807, 2.05) is 0 Å². The van der Waals surface area contributed by atoms with Gasteiger partial charge < -0.3 is 19.8 Å². The van der Waals surface area contributed by atoms with Crippen LogP contribution in [0.1, 0.15) is 65.7 Å². The Labute approximate surface area is 174 Å². The van der Waals surface area contributed by atoms with E-state index in [4.69, 9.17) is 9.47 Å². The predicted molar refractivity (Wildman–Crippen MR) is 105 cm³/mol. The van der Waals surface area contributed by atoms with E-state index >= 15 is 0 Å². The molecule has 1 aromatic rings. The molecule has 1 aromatic heterocycles. The maximum atomic E-state index is 12.5. The fourth-order valence-electron chi connectivity index (χ4n) is 3.48. The molecule has 164 valence electrons. The van der Waals surface area contributed by atoms with Gasteiger partial charge in [0.2, 0.25) is 5.78 Å². The highest BCUT2D eigenvalue weighted by Crippen LogP contribution is 2.25. The molecule has 0 aromatic carbocycles. The molecule has 0 radical (unpaired) electrons. The molecule has 10 heteroatoms. The molecule has 0 bridgehead atoms. The third-order valence-corrected chi connectivity index (χ3v) is 5.30. The zero-order valence-corrected chi connectivity index (χ0v) is 17.8. The molecule has 0 saturated carbocycles. The Morgan fingerprint density at radius 1 is 1.03 bits per heavy atom. The Kier molecular flexibility index (Phi) is 7.01. The van der Waals surface area contributed by atoms with Gasteiger partial charge in [0.05, 0.1) is 17.9 Å². The van der Waals surface area contributed by atoms with E-state index in [0.717, 1.165) is 4.90 Å². The van der Waals surface area contributed by atoms with E-state index < -0.39 is 48.4 Å². The number of ether oxygens (including phenoxy) is 2. The van der Waals surface area contributed by atoms with Crippen LogP contribution >= 0.6 is 0 Å². The summed E-state index contributed by atoms with van der Waals surface area (Å²) in [4.78, 5) is 64.8. The number of aromatic amines is 1. The minimum Gasteiger partial charge on any atom is -0.462 e.